The third kappa shape index (κ3) is 2.26. The summed E-state index contributed by atoms with van der Waals surface area (Å²) in [5.74, 6) is 0. The zero-order valence-corrected chi connectivity index (χ0v) is 11.1. The summed E-state index contributed by atoms with van der Waals surface area (Å²) in [4.78, 5) is 16.6. The Hall–Kier alpha value is -0.910. The third-order valence-electron chi connectivity index (χ3n) is 1.89. The number of thiazole rings is 1. The molecule has 0 N–H and O–H groups in total. The van der Waals surface area contributed by atoms with Gasteiger partial charge in [0.2, 0.25) is 6.41 Å². The Morgan fingerprint density at radius 2 is 2.19 bits per heavy atom. The zero-order valence-electron chi connectivity index (χ0n) is 7.93. The monoisotopic (exact) mass is 316 g/mol. The van der Waals surface area contributed by atoms with Crippen molar-refractivity contribution in [1.82, 2.24) is 4.98 Å². The molecule has 0 saturated carbocycles. The number of aromatic nitrogens is 1. The standard InChI is InChI=1S/C10H6BrClN2OS/c11-9-5-13-10(16-9)14(6-15)8-4-2-1-3-7(8)12/h1-6H. The Balaban J connectivity index is 2.44. The number of para-hydroxylation sites is 1. The minimum absolute atomic E-state index is 0.515. The molecule has 6 heteroatoms. The molecular formula is C10H6BrClN2OS. The van der Waals surface area contributed by atoms with Gasteiger partial charge in [-0.3, -0.25) is 9.69 Å². The summed E-state index contributed by atoms with van der Waals surface area (Å²) in [6.07, 6.45) is 2.35. The predicted molar refractivity (Wildman–Crippen MR) is 69.5 cm³/mol. The zero-order chi connectivity index (χ0) is 11.5. The van der Waals surface area contributed by atoms with Crippen LogP contribution < -0.4 is 4.90 Å². The van der Waals surface area contributed by atoms with Gasteiger partial charge in [0, 0.05) is 0 Å². The highest BCUT2D eigenvalue weighted by Crippen LogP contribution is 2.34. The molecule has 16 heavy (non-hydrogen) atoms. The van der Waals surface area contributed by atoms with E-state index in [-0.39, 0.29) is 0 Å². The van der Waals surface area contributed by atoms with Gasteiger partial charge in [-0.25, -0.2) is 4.98 Å². The van der Waals surface area contributed by atoms with Crippen molar-refractivity contribution in [3.8, 4) is 0 Å². The molecule has 0 saturated heterocycles. The fourth-order valence-corrected chi connectivity index (χ4v) is 2.60. The quantitative estimate of drug-likeness (QED) is 0.806. The number of amides is 1. The van der Waals surface area contributed by atoms with Crippen molar-refractivity contribution in [1.29, 1.82) is 0 Å². The van der Waals surface area contributed by atoms with Crippen LogP contribution in [0.15, 0.2) is 34.2 Å². The third-order valence-corrected chi connectivity index (χ3v) is 3.68. The van der Waals surface area contributed by atoms with Gasteiger partial charge in [0.15, 0.2) is 5.13 Å². The Morgan fingerprint density at radius 3 is 2.75 bits per heavy atom. The first-order chi connectivity index (χ1) is 7.72. The highest BCUT2D eigenvalue weighted by molar-refractivity contribution is 9.11. The second kappa shape index (κ2) is 4.95. The number of nitrogens with zero attached hydrogens (tertiary/aromatic N) is 2. The van der Waals surface area contributed by atoms with Crippen LogP contribution in [0.5, 0.6) is 0 Å². The number of hydrogen-bond acceptors (Lipinski definition) is 3. The molecule has 0 spiro atoms. The van der Waals surface area contributed by atoms with E-state index in [9.17, 15) is 4.79 Å². The SMILES string of the molecule is O=CN(c1ncc(Br)s1)c1ccccc1Cl. The maximum atomic E-state index is 11.1. The van der Waals surface area contributed by atoms with E-state index in [2.05, 4.69) is 20.9 Å². The summed E-state index contributed by atoms with van der Waals surface area (Å²) >= 11 is 10.7. The van der Waals surface area contributed by atoms with Crippen LogP contribution in [-0.4, -0.2) is 11.4 Å². The van der Waals surface area contributed by atoms with Crippen molar-refractivity contribution in [3.05, 3.63) is 39.3 Å². The topological polar surface area (TPSA) is 33.2 Å². The van der Waals surface area contributed by atoms with Crippen LogP contribution in [-0.2, 0) is 4.79 Å². The summed E-state index contributed by atoms with van der Waals surface area (Å²) < 4.78 is 0.862. The summed E-state index contributed by atoms with van der Waals surface area (Å²) in [5.41, 5.74) is 0.626. The van der Waals surface area contributed by atoms with Gasteiger partial charge in [-0.1, -0.05) is 35.1 Å². The van der Waals surface area contributed by atoms with Crippen molar-refractivity contribution >= 4 is 56.1 Å². The first-order valence-corrected chi connectivity index (χ1v) is 6.31. The van der Waals surface area contributed by atoms with E-state index in [1.54, 1.807) is 18.3 Å². The number of carbonyl (C=O) groups excluding carboxylic acids is 1. The van der Waals surface area contributed by atoms with Crippen LogP contribution in [0, 0.1) is 0 Å². The molecule has 1 heterocycles. The van der Waals surface area contributed by atoms with Crippen molar-refractivity contribution in [3.63, 3.8) is 0 Å². The molecule has 0 fully saturated rings. The largest absolute Gasteiger partial charge is 0.278 e. The first-order valence-electron chi connectivity index (χ1n) is 4.33. The van der Waals surface area contributed by atoms with Gasteiger partial charge in [0.05, 0.1) is 20.7 Å². The molecule has 0 unspecified atom stereocenters. The van der Waals surface area contributed by atoms with E-state index >= 15 is 0 Å². The number of carbonyl (C=O) groups is 1. The highest BCUT2D eigenvalue weighted by Gasteiger charge is 2.14. The van der Waals surface area contributed by atoms with Crippen molar-refractivity contribution in [2.24, 2.45) is 0 Å². The Bertz CT molecular complexity index is 517. The molecule has 2 rings (SSSR count). The Kier molecular flexibility index (Phi) is 3.58. The average Bonchev–Trinajstić information content (AvgIpc) is 2.69. The maximum Gasteiger partial charge on any atom is 0.220 e. The molecule has 0 atom stereocenters. The minimum Gasteiger partial charge on any atom is -0.278 e. The van der Waals surface area contributed by atoms with E-state index in [0.717, 1.165) is 3.79 Å². The van der Waals surface area contributed by atoms with Crippen LogP contribution in [0.4, 0.5) is 10.8 Å². The second-order valence-corrected chi connectivity index (χ2v) is 5.67. The molecule has 1 amide bonds. The smallest absolute Gasteiger partial charge is 0.220 e. The summed E-state index contributed by atoms with van der Waals surface area (Å²) in [6.45, 7) is 0. The van der Waals surface area contributed by atoms with Gasteiger partial charge in [-0.2, -0.15) is 0 Å². The molecule has 0 radical (unpaired) electrons. The number of halogens is 2. The van der Waals surface area contributed by atoms with Crippen LogP contribution in [0.25, 0.3) is 0 Å². The van der Waals surface area contributed by atoms with Crippen LogP contribution in [0.2, 0.25) is 5.02 Å². The van der Waals surface area contributed by atoms with Crippen LogP contribution in [0.1, 0.15) is 0 Å². The lowest BCUT2D eigenvalue weighted by Gasteiger charge is -2.14. The molecular weight excluding hydrogens is 312 g/mol. The van der Waals surface area contributed by atoms with Gasteiger partial charge in [-0.05, 0) is 28.1 Å². The number of anilines is 2. The first kappa shape index (κ1) is 11.6. The fourth-order valence-electron chi connectivity index (χ4n) is 1.21. The molecule has 82 valence electrons. The molecule has 1 aromatic heterocycles. The molecule has 0 aliphatic heterocycles. The molecule has 0 aliphatic carbocycles. The van der Waals surface area contributed by atoms with Gasteiger partial charge in [0.25, 0.3) is 0 Å². The lowest BCUT2D eigenvalue weighted by molar-refractivity contribution is -0.106. The highest BCUT2D eigenvalue weighted by atomic mass is 79.9. The van der Waals surface area contributed by atoms with Gasteiger partial charge >= 0.3 is 0 Å². The van der Waals surface area contributed by atoms with E-state index in [1.807, 2.05) is 12.1 Å². The van der Waals surface area contributed by atoms with Gasteiger partial charge < -0.3 is 0 Å². The summed E-state index contributed by atoms with van der Waals surface area (Å²) in [7, 11) is 0. The van der Waals surface area contributed by atoms with Gasteiger partial charge in [0.1, 0.15) is 0 Å². The maximum absolute atomic E-state index is 11.1. The van der Waals surface area contributed by atoms with E-state index in [1.165, 1.54) is 16.2 Å². The average molecular weight is 318 g/mol. The Morgan fingerprint density at radius 1 is 1.44 bits per heavy atom. The number of rotatable bonds is 3. The van der Waals surface area contributed by atoms with Crippen molar-refractivity contribution < 1.29 is 4.79 Å². The number of hydrogen-bond donors (Lipinski definition) is 0. The predicted octanol–water partition coefficient (Wildman–Crippen LogP) is 3.85. The van der Waals surface area contributed by atoms with Crippen LogP contribution >= 0.6 is 38.9 Å². The lowest BCUT2D eigenvalue weighted by atomic mass is 10.3. The fraction of sp³-hybridized carbons (Fsp3) is 0. The Labute approximate surface area is 110 Å². The lowest BCUT2D eigenvalue weighted by Crippen LogP contribution is -2.13. The van der Waals surface area contributed by atoms with E-state index in [4.69, 9.17) is 11.6 Å². The molecule has 0 aliphatic rings. The number of benzene rings is 1. The normalized spacial score (nSPS) is 10.1. The van der Waals surface area contributed by atoms with E-state index in [0.29, 0.717) is 22.3 Å². The summed E-state index contributed by atoms with van der Waals surface area (Å²) in [6, 6.07) is 7.13. The molecule has 3 nitrogen and oxygen atoms in total. The van der Waals surface area contributed by atoms with Gasteiger partial charge in [-0.15, -0.1) is 0 Å². The summed E-state index contributed by atoms with van der Waals surface area (Å²) in [5, 5.41) is 1.09. The molecule has 0 bridgehead atoms. The van der Waals surface area contributed by atoms with Crippen molar-refractivity contribution in [2.75, 3.05) is 4.90 Å². The van der Waals surface area contributed by atoms with E-state index < -0.39 is 0 Å². The van der Waals surface area contributed by atoms with Crippen molar-refractivity contribution in [2.45, 2.75) is 0 Å². The molecule has 2 aromatic rings. The van der Waals surface area contributed by atoms with Crippen LogP contribution in [0.3, 0.4) is 0 Å². The second-order valence-electron chi connectivity index (χ2n) is 2.87. The molecule has 1 aromatic carbocycles. The minimum atomic E-state index is 0.515.